The molecule has 1 aromatic carbocycles. The topological polar surface area (TPSA) is 83.0 Å². The lowest BCUT2D eigenvalue weighted by Crippen LogP contribution is -2.48. The number of piperidine rings is 1. The van der Waals surface area contributed by atoms with Crippen LogP contribution in [0.3, 0.4) is 0 Å². The van der Waals surface area contributed by atoms with E-state index in [0.29, 0.717) is 38.3 Å². The number of guanidine groups is 1. The first-order chi connectivity index (χ1) is 14.0. The Hall–Kier alpha value is -2.64. The molecular formula is C21H31FN4O3. The Balaban J connectivity index is 1.83. The van der Waals surface area contributed by atoms with Crippen LogP contribution in [0.15, 0.2) is 29.3 Å². The van der Waals surface area contributed by atoms with Gasteiger partial charge in [-0.25, -0.2) is 4.39 Å². The van der Waals surface area contributed by atoms with Gasteiger partial charge in [0.1, 0.15) is 5.82 Å². The molecule has 0 bridgehead atoms. The van der Waals surface area contributed by atoms with Crippen molar-refractivity contribution in [3.63, 3.8) is 0 Å². The first-order valence-electron chi connectivity index (χ1n) is 10.2. The van der Waals surface area contributed by atoms with Gasteiger partial charge in [-0.2, -0.15) is 0 Å². The second-order valence-corrected chi connectivity index (χ2v) is 6.93. The molecule has 0 spiro atoms. The highest BCUT2D eigenvalue weighted by molar-refractivity contribution is 5.81. The number of carbonyl (C=O) groups excluding carboxylic acids is 2. The molecule has 1 heterocycles. The maximum Gasteiger partial charge on any atom is 0.310 e. The Morgan fingerprint density at radius 2 is 2.14 bits per heavy atom. The Bertz CT molecular complexity index is 711. The number of amides is 1. The zero-order valence-electron chi connectivity index (χ0n) is 17.2. The summed E-state index contributed by atoms with van der Waals surface area (Å²) in [5.41, 5.74) is 0.637. The number of ether oxygens (including phenoxy) is 1. The summed E-state index contributed by atoms with van der Waals surface area (Å²) in [7, 11) is 0. The minimum Gasteiger partial charge on any atom is -0.466 e. The van der Waals surface area contributed by atoms with Crippen molar-refractivity contribution in [2.45, 2.75) is 33.1 Å². The van der Waals surface area contributed by atoms with Crippen molar-refractivity contribution in [1.82, 2.24) is 15.5 Å². The summed E-state index contributed by atoms with van der Waals surface area (Å²) in [6.07, 6.45) is 1.86. The van der Waals surface area contributed by atoms with Gasteiger partial charge in [0.25, 0.3) is 0 Å². The minimum absolute atomic E-state index is 0.134. The van der Waals surface area contributed by atoms with E-state index in [1.54, 1.807) is 12.1 Å². The average molecular weight is 407 g/mol. The van der Waals surface area contributed by atoms with Crippen LogP contribution in [0.4, 0.5) is 4.39 Å². The van der Waals surface area contributed by atoms with Crippen LogP contribution < -0.4 is 10.6 Å². The lowest BCUT2D eigenvalue weighted by Gasteiger charge is -2.34. The summed E-state index contributed by atoms with van der Waals surface area (Å²) in [4.78, 5) is 30.7. The van der Waals surface area contributed by atoms with Crippen LogP contribution in [0, 0.1) is 11.7 Å². The van der Waals surface area contributed by atoms with Gasteiger partial charge in [-0.05, 0) is 44.4 Å². The van der Waals surface area contributed by atoms with Crippen LogP contribution in [0.2, 0.25) is 0 Å². The third-order valence-corrected chi connectivity index (χ3v) is 4.62. The smallest absolute Gasteiger partial charge is 0.310 e. The highest BCUT2D eigenvalue weighted by Crippen LogP contribution is 2.18. The number of rotatable bonds is 8. The van der Waals surface area contributed by atoms with Crippen LogP contribution in [-0.4, -0.2) is 62.1 Å². The molecule has 1 unspecified atom stereocenters. The van der Waals surface area contributed by atoms with Gasteiger partial charge in [0, 0.05) is 26.2 Å². The van der Waals surface area contributed by atoms with Gasteiger partial charge in [0.2, 0.25) is 5.91 Å². The standard InChI is InChI=1S/C21H31FN4O3/c1-3-23-21(26-12-6-8-17(15-26)20(28)29-4-2)25-11-10-24-19(27)14-16-7-5-9-18(22)13-16/h5,7,9,13,17H,3-4,6,8,10-12,14-15H2,1-2H3,(H,23,25)(H,24,27). The molecule has 0 aromatic heterocycles. The summed E-state index contributed by atoms with van der Waals surface area (Å²) in [5, 5.41) is 6.05. The van der Waals surface area contributed by atoms with Gasteiger partial charge in [0.15, 0.2) is 5.96 Å². The Morgan fingerprint density at radius 1 is 1.31 bits per heavy atom. The van der Waals surface area contributed by atoms with E-state index < -0.39 is 0 Å². The van der Waals surface area contributed by atoms with E-state index in [0.717, 1.165) is 25.3 Å². The Morgan fingerprint density at radius 3 is 2.86 bits per heavy atom. The predicted octanol–water partition coefficient (Wildman–Crippen LogP) is 1.72. The van der Waals surface area contributed by atoms with E-state index in [4.69, 9.17) is 4.74 Å². The number of nitrogens with zero attached hydrogens (tertiary/aromatic N) is 2. The minimum atomic E-state index is -0.349. The second-order valence-electron chi connectivity index (χ2n) is 6.93. The van der Waals surface area contributed by atoms with Crippen LogP contribution in [0.25, 0.3) is 0 Å². The van der Waals surface area contributed by atoms with E-state index in [1.165, 1.54) is 12.1 Å². The van der Waals surface area contributed by atoms with Crippen molar-refractivity contribution in [2.24, 2.45) is 10.9 Å². The Labute approximate surface area is 171 Å². The van der Waals surface area contributed by atoms with E-state index in [2.05, 4.69) is 20.5 Å². The molecule has 1 aliphatic rings. The number of nitrogens with one attached hydrogen (secondary N) is 2. The zero-order valence-corrected chi connectivity index (χ0v) is 17.2. The second kappa shape index (κ2) is 12.0. The summed E-state index contributed by atoms with van der Waals surface area (Å²) < 4.78 is 18.3. The number of likely N-dealkylation sites (tertiary alicyclic amines) is 1. The van der Waals surface area contributed by atoms with Crippen molar-refractivity contribution in [3.05, 3.63) is 35.6 Å². The zero-order chi connectivity index (χ0) is 21.1. The largest absolute Gasteiger partial charge is 0.466 e. The number of hydrogen-bond acceptors (Lipinski definition) is 4. The summed E-state index contributed by atoms with van der Waals surface area (Å²) in [5.74, 6) is -0.0777. The lowest BCUT2D eigenvalue weighted by atomic mass is 9.98. The van der Waals surface area contributed by atoms with E-state index >= 15 is 0 Å². The number of carbonyl (C=O) groups is 2. The molecule has 2 N–H and O–H groups in total. The number of hydrogen-bond donors (Lipinski definition) is 2. The van der Waals surface area contributed by atoms with Crippen LogP contribution >= 0.6 is 0 Å². The van der Waals surface area contributed by atoms with Crippen LogP contribution in [0.5, 0.6) is 0 Å². The van der Waals surface area contributed by atoms with Crippen molar-refractivity contribution in [1.29, 1.82) is 0 Å². The molecule has 2 rings (SSSR count). The number of benzene rings is 1. The molecule has 1 saturated heterocycles. The predicted molar refractivity (Wildman–Crippen MR) is 110 cm³/mol. The molecule has 1 amide bonds. The van der Waals surface area contributed by atoms with Gasteiger partial charge in [-0.3, -0.25) is 14.6 Å². The molecule has 0 saturated carbocycles. The van der Waals surface area contributed by atoms with Crippen molar-refractivity contribution >= 4 is 17.8 Å². The first kappa shape index (κ1) is 22.6. The molecule has 1 fully saturated rings. The van der Waals surface area contributed by atoms with Crippen molar-refractivity contribution in [2.75, 3.05) is 39.3 Å². The molecule has 1 aromatic rings. The maximum atomic E-state index is 13.2. The molecule has 8 heteroatoms. The lowest BCUT2D eigenvalue weighted by molar-refractivity contribution is -0.149. The fourth-order valence-electron chi connectivity index (χ4n) is 3.30. The van der Waals surface area contributed by atoms with Gasteiger partial charge in [-0.15, -0.1) is 0 Å². The van der Waals surface area contributed by atoms with Gasteiger partial charge >= 0.3 is 5.97 Å². The third-order valence-electron chi connectivity index (χ3n) is 4.62. The number of halogens is 1. The molecule has 160 valence electrons. The maximum absolute atomic E-state index is 13.2. The normalized spacial score (nSPS) is 17.0. The molecule has 1 aliphatic heterocycles. The molecule has 0 radical (unpaired) electrons. The summed E-state index contributed by atoms with van der Waals surface area (Å²) in [6, 6.07) is 6.02. The van der Waals surface area contributed by atoms with Crippen LogP contribution in [0.1, 0.15) is 32.3 Å². The molecule has 7 nitrogen and oxygen atoms in total. The van der Waals surface area contributed by atoms with E-state index in [9.17, 15) is 14.0 Å². The monoisotopic (exact) mass is 406 g/mol. The first-order valence-corrected chi connectivity index (χ1v) is 10.2. The number of esters is 1. The molecule has 29 heavy (non-hydrogen) atoms. The average Bonchev–Trinajstić information content (AvgIpc) is 2.70. The van der Waals surface area contributed by atoms with Gasteiger partial charge < -0.3 is 20.3 Å². The molecular weight excluding hydrogens is 375 g/mol. The SMILES string of the molecule is CCNC(=NCCNC(=O)Cc1cccc(F)c1)N1CCCC(C(=O)OCC)C1. The quantitative estimate of drug-likeness (QED) is 0.297. The summed E-state index contributed by atoms with van der Waals surface area (Å²) in [6.45, 7) is 7.11. The fraction of sp³-hybridized carbons (Fsp3) is 0.571. The highest BCUT2D eigenvalue weighted by Gasteiger charge is 2.28. The van der Waals surface area contributed by atoms with Crippen molar-refractivity contribution < 1.29 is 18.7 Å². The fourth-order valence-corrected chi connectivity index (χ4v) is 3.30. The van der Waals surface area contributed by atoms with E-state index in [1.807, 2.05) is 13.8 Å². The number of aliphatic imine (C=N–C) groups is 1. The third kappa shape index (κ3) is 7.71. The molecule has 0 aliphatic carbocycles. The van der Waals surface area contributed by atoms with Crippen molar-refractivity contribution in [3.8, 4) is 0 Å². The van der Waals surface area contributed by atoms with Crippen LogP contribution in [-0.2, 0) is 20.7 Å². The Kier molecular flexibility index (Phi) is 9.40. The van der Waals surface area contributed by atoms with Gasteiger partial charge in [0.05, 0.1) is 25.5 Å². The summed E-state index contributed by atoms with van der Waals surface area (Å²) >= 11 is 0. The van der Waals surface area contributed by atoms with Gasteiger partial charge in [-0.1, -0.05) is 12.1 Å². The molecule has 1 atom stereocenters. The van der Waals surface area contributed by atoms with E-state index in [-0.39, 0.29) is 30.0 Å². The highest BCUT2D eigenvalue weighted by atomic mass is 19.1.